The number of nitrogen functional groups attached to an aromatic ring is 1. The van der Waals surface area contributed by atoms with Gasteiger partial charge in [0.1, 0.15) is 0 Å². The standard InChI is InChI=1S/C15H28N4O/c1-5-7-8-9-15(3,4)10-17-14(20)13-12(16)11(6-2)18-19-13/h5-10,16H2,1-4H3,(H,17,20)(H,18,19). The van der Waals surface area contributed by atoms with E-state index < -0.39 is 0 Å². The minimum absolute atomic E-state index is 0.101. The minimum Gasteiger partial charge on any atom is -0.395 e. The van der Waals surface area contributed by atoms with Crippen molar-refractivity contribution in [3.05, 3.63) is 11.4 Å². The van der Waals surface area contributed by atoms with Crippen LogP contribution in [0.25, 0.3) is 0 Å². The summed E-state index contributed by atoms with van der Waals surface area (Å²) in [5.74, 6) is -0.193. The number of carbonyl (C=O) groups excluding carboxylic acids is 1. The number of aromatic amines is 1. The summed E-state index contributed by atoms with van der Waals surface area (Å²) in [5, 5.41) is 9.75. The first-order valence-corrected chi connectivity index (χ1v) is 7.52. The van der Waals surface area contributed by atoms with E-state index in [1.165, 1.54) is 19.3 Å². The van der Waals surface area contributed by atoms with Crippen LogP contribution in [0.5, 0.6) is 0 Å². The van der Waals surface area contributed by atoms with E-state index in [0.29, 0.717) is 17.9 Å². The summed E-state index contributed by atoms with van der Waals surface area (Å²) in [6.07, 6.45) is 5.51. The number of anilines is 1. The fourth-order valence-corrected chi connectivity index (χ4v) is 2.17. The first-order chi connectivity index (χ1) is 9.41. The van der Waals surface area contributed by atoms with Crippen molar-refractivity contribution in [1.82, 2.24) is 15.5 Å². The van der Waals surface area contributed by atoms with Crippen LogP contribution in [0, 0.1) is 5.41 Å². The highest BCUT2D eigenvalue weighted by Crippen LogP contribution is 2.23. The predicted octanol–water partition coefficient (Wildman–Crippen LogP) is 2.89. The highest BCUT2D eigenvalue weighted by Gasteiger charge is 2.21. The molecule has 1 aromatic rings. The molecule has 0 aliphatic rings. The van der Waals surface area contributed by atoms with E-state index in [1.54, 1.807) is 0 Å². The molecule has 1 aromatic heterocycles. The Morgan fingerprint density at radius 3 is 2.60 bits per heavy atom. The number of nitrogens with zero attached hydrogens (tertiary/aromatic N) is 1. The van der Waals surface area contributed by atoms with Gasteiger partial charge in [0.05, 0.1) is 11.4 Å². The number of nitrogens with one attached hydrogen (secondary N) is 2. The van der Waals surface area contributed by atoms with Crippen LogP contribution in [-0.4, -0.2) is 22.6 Å². The molecule has 0 unspecified atom stereocenters. The predicted molar refractivity (Wildman–Crippen MR) is 82.6 cm³/mol. The maximum Gasteiger partial charge on any atom is 0.273 e. The molecule has 1 rings (SSSR count). The van der Waals surface area contributed by atoms with Crippen LogP contribution in [0.15, 0.2) is 0 Å². The zero-order valence-electron chi connectivity index (χ0n) is 13.2. The van der Waals surface area contributed by atoms with E-state index in [0.717, 1.165) is 18.5 Å². The molecule has 4 N–H and O–H groups in total. The smallest absolute Gasteiger partial charge is 0.273 e. The average Bonchev–Trinajstić information content (AvgIpc) is 2.77. The number of amides is 1. The van der Waals surface area contributed by atoms with Crippen molar-refractivity contribution in [2.75, 3.05) is 12.3 Å². The molecule has 0 aromatic carbocycles. The molecular weight excluding hydrogens is 252 g/mol. The lowest BCUT2D eigenvalue weighted by Gasteiger charge is -2.24. The second kappa shape index (κ2) is 7.31. The molecule has 1 heterocycles. The highest BCUT2D eigenvalue weighted by atomic mass is 16.1. The fourth-order valence-electron chi connectivity index (χ4n) is 2.17. The van der Waals surface area contributed by atoms with Crippen molar-refractivity contribution < 1.29 is 4.79 Å². The molecule has 0 saturated carbocycles. The first kappa shape index (κ1) is 16.5. The summed E-state index contributed by atoms with van der Waals surface area (Å²) in [7, 11) is 0. The number of aromatic nitrogens is 2. The van der Waals surface area contributed by atoms with Gasteiger partial charge in [-0.2, -0.15) is 5.10 Å². The molecule has 20 heavy (non-hydrogen) atoms. The van der Waals surface area contributed by atoms with Gasteiger partial charge in [-0.1, -0.05) is 47.0 Å². The molecule has 1 amide bonds. The second-order valence-corrected chi connectivity index (χ2v) is 6.12. The van der Waals surface area contributed by atoms with Crippen molar-refractivity contribution >= 4 is 11.6 Å². The van der Waals surface area contributed by atoms with Crippen LogP contribution < -0.4 is 11.1 Å². The van der Waals surface area contributed by atoms with Gasteiger partial charge >= 0.3 is 0 Å². The van der Waals surface area contributed by atoms with Gasteiger partial charge in [-0.15, -0.1) is 0 Å². The van der Waals surface area contributed by atoms with Gasteiger partial charge < -0.3 is 11.1 Å². The Morgan fingerprint density at radius 1 is 1.35 bits per heavy atom. The number of nitrogens with two attached hydrogens (primary N) is 1. The van der Waals surface area contributed by atoms with Crippen LogP contribution in [-0.2, 0) is 6.42 Å². The molecular formula is C15H28N4O. The SMILES string of the molecule is CCCCCC(C)(C)CNC(=O)c1n[nH]c(CC)c1N. The Morgan fingerprint density at radius 2 is 2.05 bits per heavy atom. The summed E-state index contributed by atoms with van der Waals surface area (Å²) in [5.41, 5.74) is 7.59. The molecule has 5 nitrogen and oxygen atoms in total. The summed E-state index contributed by atoms with van der Waals surface area (Å²) >= 11 is 0. The van der Waals surface area contributed by atoms with Crippen molar-refractivity contribution in [3.63, 3.8) is 0 Å². The lowest BCUT2D eigenvalue weighted by molar-refractivity contribution is 0.0930. The van der Waals surface area contributed by atoms with Crippen LogP contribution in [0.1, 0.15) is 69.6 Å². The third-order valence-electron chi connectivity index (χ3n) is 3.64. The molecule has 0 saturated heterocycles. The summed E-state index contributed by atoms with van der Waals surface area (Å²) in [6.45, 7) is 9.16. The number of hydrogen-bond donors (Lipinski definition) is 3. The third kappa shape index (κ3) is 4.54. The monoisotopic (exact) mass is 280 g/mol. The summed E-state index contributed by atoms with van der Waals surface area (Å²) in [4.78, 5) is 12.1. The Kier molecular flexibility index (Phi) is 6.05. The largest absolute Gasteiger partial charge is 0.395 e. The van der Waals surface area contributed by atoms with E-state index in [-0.39, 0.29) is 11.3 Å². The number of H-pyrrole nitrogens is 1. The number of aryl methyl sites for hydroxylation is 1. The molecule has 0 bridgehead atoms. The quantitative estimate of drug-likeness (QED) is 0.640. The maximum absolute atomic E-state index is 12.1. The molecule has 0 fully saturated rings. The topological polar surface area (TPSA) is 83.8 Å². The number of carbonyl (C=O) groups is 1. The van der Waals surface area contributed by atoms with Gasteiger partial charge in [0.25, 0.3) is 5.91 Å². The van der Waals surface area contributed by atoms with Gasteiger partial charge in [0.2, 0.25) is 0 Å². The average molecular weight is 280 g/mol. The molecule has 0 radical (unpaired) electrons. The second-order valence-electron chi connectivity index (χ2n) is 6.12. The maximum atomic E-state index is 12.1. The van der Waals surface area contributed by atoms with E-state index in [1.807, 2.05) is 6.92 Å². The van der Waals surface area contributed by atoms with Crippen LogP contribution in [0.3, 0.4) is 0 Å². The number of unbranched alkanes of at least 4 members (excludes halogenated alkanes) is 2. The number of hydrogen-bond acceptors (Lipinski definition) is 3. The molecule has 0 aliphatic heterocycles. The van der Waals surface area contributed by atoms with Gasteiger partial charge in [-0.05, 0) is 18.3 Å². The van der Waals surface area contributed by atoms with E-state index in [4.69, 9.17) is 5.73 Å². The Bertz CT molecular complexity index is 437. The van der Waals surface area contributed by atoms with Crippen LogP contribution in [0.4, 0.5) is 5.69 Å². The zero-order chi connectivity index (χ0) is 15.2. The van der Waals surface area contributed by atoms with Crippen LogP contribution >= 0.6 is 0 Å². The van der Waals surface area contributed by atoms with Gasteiger partial charge in [0, 0.05) is 6.54 Å². The molecule has 0 aliphatic carbocycles. The van der Waals surface area contributed by atoms with E-state index in [9.17, 15) is 4.79 Å². The van der Waals surface area contributed by atoms with Crippen molar-refractivity contribution in [2.45, 2.75) is 59.8 Å². The van der Waals surface area contributed by atoms with Gasteiger partial charge in [-0.3, -0.25) is 9.89 Å². The first-order valence-electron chi connectivity index (χ1n) is 7.52. The van der Waals surface area contributed by atoms with Crippen molar-refractivity contribution in [2.24, 2.45) is 5.41 Å². The van der Waals surface area contributed by atoms with E-state index in [2.05, 4.69) is 36.3 Å². The van der Waals surface area contributed by atoms with Crippen molar-refractivity contribution in [1.29, 1.82) is 0 Å². The highest BCUT2D eigenvalue weighted by molar-refractivity contribution is 5.97. The van der Waals surface area contributed by atoms with E-state index >= 15 is 0 Å². The Balaban J connectivity index is 2.51. The van der Waals surface area contributed by atoms with Crippen LogP contribution in [0.2, 0.25) is 0 Å². The Hall–Kier alpha value is -1.52. The molecule has 0 atom stereocenters. The minimum atomic E-state index is -0.193. The molecule has 0 spiro atoms. The summed E-state index contributed by atoms with van der Waals surface area (Å²) < 4.78 is 0. The lowest BCUT2D eigenvalue weighted by atomic mass is 9.87. The fraction of sp³-hybridized carbons (Fsp3) is 0.733. The molecule has 5 heteroatoms. The van der Waals surface area contributed by atoms with Gasteiger partial charge in [-0.25, -0.2) is 0 Å². The lowest BCUT2D eigenvalue weighted by Crippen LogP contribution is -2.34. The number of rotatable bonds is 8. The molecule has 114 valence electrons. The summed E-state index contributed by atoms with van der Waals surface area (Å²) in [6, 6.07) is 0. The Labute approximate surface area is 121 Å². The van der Waals surface area contributed by atoms with Crippen molar-refractivity contribution in [3.8, 4) is 0 Å². The normalized spacial score (nSPS) is 11.6. The van der Waals surface area contributed by atoms with Gasteiger partial charge in [0.15, 0.2) is 5.69 Å². The zero-order valence-corrected chi connectivity index (χ0v) is 13.2. The third-order valence-corrected chi connectivity index (χ3v) is 3.64.